The Bertz CT molecular complexity index is 1070. The van der Waals surface area contributed by atoms with Crippen molar-refractivity contribution in [2.45, 2.75) is 33.0 Å². The van der Waals surface area contributed by atoms with Crippen molar-refractivity contribution >= 4 is 22.8 Å². The number of ether oxygens (including phenoxy) is 1. The van der Waals surface area contributed by atoms with Gasteiger partial charge in [-0.2, -0.15) is 0 Å². The molecule has 1 aromatic heterocycles. The highest BCUT2D eigenvalue weighted by molar-refractivity contribution is 6.00. The number of hydrogen-bond donors (Lipinski definition) is 1. The van der Waals surface area contributed by atoms with E-state index in [1.165, 1.54) is 0 Å². The number of benzene rings is 2. The maximum absolute atomic E-state index is 12.7. The fourth-order valence-electron chi connectivity index (χ4n) is 3.62. The number of nitrogens with zero attached hydrogens (tertiary/aromatic N) is 3. The lowest BCUT2D eigenvalue weighted by Gasteiger charge is -2.30. The SMILES string of the molecule is COc1ccc(CNC(=O)c2ccc3c(c2)nc2n3CCN(C(C)C)C2=O)cc1. The summed E-state index contributed by atoms with van der Waals surface area (Å²) in [6, 6.07) is 13.1. The molecule has 0 radical (unpaired) electrons. The number of nitrogens with one attached hydrogen (secondary N) is 1. The minimum atomic E-state index is -0.177. The molecule has 0 saturated heterocycles. The summed E-state index contributed by atoms with van der Waals surface area (Å²) < 4.78 is 7.08. The molecule has 2 aromatic carbocycles. The number of rotatable bonds is 5. The Morgan fingerprint density at radius 1 is 1.17 bits per heavy atom. The predicted octanol–water partition coefficient (Wildman–Crippen LogP) is 2.84. The van der Waals surface area contributed by atoms with Crippen LogP contribution in [0.5, 0.6) is 5.75 Å². The second-order valence-corrected chi connectivity index (χ2v) is 7.41. The third kappa shape index (κ3) is 3.55. The molecule has 29 heavy (non-hydrogen) atoms. The van der Waals surface area contributed by atoms with E-state index in [-0.39, 0.29) is 17.9 Å². The molecule has 0 bridgehead atoms. The molecule has 150 valence electrons. The van der Waals surface area contributed by atoms with Gasteiger partial charge in [-0.1, -0.05) is 12.1 Å². The first-order chi connectivity index (χ1) is 14.0. The van der Waals surface area contributed by atoms with Gasteiger partial charge in [0.15, 0.2) is 5.82 Å². The number of methoxy groups -OCH3 is 1. The van der Waals surface area contributed by atoms with E-state index in [4.69, 9.17) is 4.74 Å². The molecule has 0 aliphatic carbocycles. The van der Waals surface area contributed by atoms with E-state index in [2.05, 4.69) is 10.3 Å². The number of amides is 2. The van der Waals surface area contributed by atoms with Gasteiger partial charge in [-0.15, -0.1) is 0 Å². The van der Waals surface area contributed by atoms with Gasteiger partial charge in [-0.3, -0.25) is 9.59 Å². The molecular weight excluding hydrogens is 368 g/mol. The lowest BCUT2D eigenvalue weighted by molar-refractivity contribution is 0.0643. The van der Waals surface area contributed by atoms with Crippen LogP contribution in [0.3, 0.4) is 0 Å². The molecule has 0 spiro atoms. The standard InChI is InChI=1S/C22H24N4O3/c1-14(2)25-10-11-26-19-9-6-16(12-18(19)24-20(26)22(25)28)21(27)23-13-15-4-7-17(29-3)8-5-15/h4-9,12,14H,10-11,13H2,1-3H3,(H,23,27). The van der Waals surface area contributed by atoms with Crippen molar-refractivity contribution in [3.05, 3.63) is 59.4 Å². The smallest absolute Gasteiger partial charge is 0.290 e. The molecule has 0 saturated carbocycles. The van der Waals surface area contributed by atoms with Gasteiger partial charge in [-0.25, -0.2) is 4.98 Å². The summed E-state index contributed by atoms with van der Waals surface area (Å²) in [7, 11) is 1.62. The summed E-state index contributed by atoms with van der Waals surface area (Å²) in [5.41, 5.74) is 3.05. The Morgan fingerprint density at radius 3 is 2.62 bits per heavy atom. The van der Waals surface area contributed by atoms with Crippen molar-refractivity contribution in [1.82, 2.24) is 19.8 Å². The number of hydrogen-bond acceptors (Lipinski definition) is 4. The van der Waals surface area contributed by atoms with Crippen LogP contribution in [0.25, 0.3) is 11.0 Å². The van der Waals surface area contributed by atoms with Crippen molar-refractivity contribution in [2.24, 2.45) is 0 Å². The number of imidazole rings is 1. The van der Waals surface area contributed by atoms with Gasteiger partial charge in [0, 0.05) is 31.2 Å². The van der Waals surface area contributed by atoms with E-state index in [9.17, 15) is 9.59 Å². The second kappa shape index (κ2) is 7.58. The maximum atomic E-state index is 12.7. The van der Waals surface area contributed by atoms with Gasteiger partial charge in [0.2, 0.25) is 0 Å². The van der Waals surface area contributed by atoms with Crippen LogP contribution in [0.1, 0.15) is 40.4 Å². The first kappa shape index (κ1) is 19.0. The number of aromatic nitrogens is 2. The molecule has 0 atom stereocenters. The maximum Gasteiger partial charge on any atom is 0.290 e. The van der Waals surface area contributed by atoms with E-state index in [1.54, 1.807) is 19.2 Å². The van der Waals surface area contributed by atoms with Gasteiger partial charge < -0.3 is 19.5 Å². The summed E-state index contributed by atoms with van der Waals surface area (Å²) in [5.74, 6) is 0.979. The summed E-state index contributed by atoms with van der Waals surface area (Å²) in [5, 5.41) is 2.92. The van der Waals surface area contributed by atoms with Crippen LogP contribution in [0.15, 0.2) is 42.5 Å². The zero-order valence-electron chi connectivity index (χ0n) is 16.8. The molecule has 2 heterocycles. The third-order valence-electron chi connectivity index (χ3n) is 5.26. The Balaban J connectivity index is 1.53. The van der Waals surface area contributed by atoms with Crippen molar-refractivity contribution < 1.29 is 14.3 Å². The summed E-state index contributed by atoms with van der Waals surface area (Å²) in [4.78, 5) is 31.6. The molecule has 0 unspecified atom stereocenters. The summed E-state index contributed by atoms with van der Waals surface area (Å²) in [6.45, 7) is 5.79. The van der Waals surface area contributed by atoms with Gasteiger partial charge in [0.1, 0.15) is 5.75 Å². The molecule has 4 rings (SSSR count). The zero-order valence-corrected chi connectivity index (χ0v) is 16.8. The topological polar surface area (TPSA) is 76.5 Å². The van der Waals surface area contributed by atoms with E-state index in [1.807, 2.05) is 53.6 Å². The number of carbonyl (C=O) groups excluding carboxylic acids is 2. The van der Waals surface area contributed by atoms with Crippen LogP contribution in [0.2, 0.25) is 0 Å². The van der Waals surface area contributed by atoms with Crippen molar-refractivity contribution in [3.63, 3.8) is 0 Å². The predicted molar refractivity (Wildman–Crippen MR) is 110 cm³/mol. The molecule has 0 fully saturated rings. The molecule has 1 aliphatic heterocycles. The molecule has 7 nitrogen and oxygen atoms in total. The second-order valence-electron chi connectivity index (χ2n) is 7.41. The van der Waals surface area contributed by atoms with Crippen LogP contribution in [0.4, 0.5) is 0 Å². The monoisotopic (exact) mass is 392 g/mol. The Morgan fingerprint density at radius 2 is 1.93 bits per heavy atom. The molecule has 2 amide bonds. The first-order valence-electron chi connectivity index (χ1n) is 9.70. The van der Waals surface area contributed by atoms with Gasteiger partial charge in [0.05, 0.1) is 18.1 Å². The minimum absolute atomic E-state index is 0.0621. The van der Waals surface area contributed by atoms with Crippen molar-refractivity contribution in [3.8, 4) is 5.75 Å². The van der Waals surface area contributed by atoms with Gasteiger partial charge in [0.25, 0.3) is 11.8 Å². The van der Waals surface area contributed by atoms with Gasteiger partial charge in [-0.05, 0) is 49.7 Å². The molecular formula is C22H24N4O3. The first-order valence-corrected chi connectivity index (χ1v) is 9.70. The van der Waals surface area contributed by atoms with Gasteiger partial charge >= 0.3 is 0 Å². The normalized spacial score (nSPS) is 13.7. The van der Waals surface area contributed by atoms with Crippen LogP contribution in [-0.4, -0.2) is 46.0 Å². The molecule has 7 heteroatoms. The average molecular weight is 392 g/mol. The average Bonchev–Trinajstić information content (AvgIpc) is 3.11. The van der Waals surface area contributed by atoms with E-state index in [0.717, 1.165) is 16.8 Å². The number of carbonyl (C=O) groups is 2. The fraction of sp³-hybridized carbons (Fsp3) is 0.318. The Labute approximate surface area is 169 Å². The van der Waals surface area contributed by atoms with E-state index < -0.39 is 0 Å². The van der Waals surface area contributed by atoms with Crippen LogP contribution in [0, 0.1) is 0 Å². The Kier molecular flexibility index (Phi) is 4.96. The Hall–Kier alpha value is -3.35. The van der Waals surface area contributed by atoms with Crippen molar-refractivity contribution in [1.29, 1.82) is 0 Å². The quantitative estimate of drug-likeness (QED) is 0.724. The largest absolute Gasteiger partial charge is 0.497 e. The highest BCUT2D eigenvalue weighted by Gasteiger charge is 2.29. The zero-order chi connectivity index (χ0) is 20.5. The third-order valence-corrected chi connectivity index (χ3v) is 5.26. The van der Waals surface area contributed by atoms with Crippen LogP contribution >= 0.6 is 0 Å². The van der Waals surface area contributed by atoms with Crippen LogP contribution in [-0.2, 0) is 13.1 Å². The highest BCUT2D eigenvalue weighted by atomic mass is 16.5. The fourth-order valence-corrected chi connectivity index (χ4v) is 3.62. The van der Waals surface area contributed by atoms with Crippen LogP contribution < -0.4 is 10.1 Å². The highest BCUT2D eigenvalue weighted by Crippen LogP contribution is 2.23. The van der Waals surface area contributed by atoms with E-state index in [0.29, 0.717) is 36.5 Å². The molecule has 1 aliphatic rings. The minimum Gasteiger partial charge on any atom is -0.497 e. The summed E-state index contributed by atoms with van der Waals surface area (Å²) in [6.07, 6.45) is 0. The molecule has 1 N–H and O–H groups in total. The summed E-state index contributed by atoms with van der Waals surface area (Å²) >= 11 is 0. The molecule has 3 aromatic rings. The number of fused-ring (bicyclic) bond motifs is 3. The van der Waals surface area contributed by atoms with Crippen molar-refractivity contribution in [2.75, 3.05) is 13.7 Å². The van der Waals surface area contributed by atoms with E-state index >= 15 is 0 Å². The lowest BCUT2D eigenvalue weighted by atomic mass is 10.1. The lowest BCUT2D eigenvalue weighted by Crippen LogP contribution is -2.44.